The Hall–Kier alpha value is -1.35. The second-order valence-electron chi connectivity index (χ2n) is 5.65. The molecule has 2 atom stereocenters. The van der Waals surface area contributed by atoms with Gasteiger partial charge < -0.3 is 10.0 Å². The zero-order chi connectivity index (χ0) is 15.1. The van der Waals surface area contributed by atoms with E-state index < -0.39 is 0 Å². The van der Waals surface area contributed by atoms with E-state index in [-0.39, 0.29) is 17.9 Å². The predicted molar refractivity (Wildman–Crippen MR) is 82.8 cm³/mol. The first-order valence-corrected chi connectivity index (χ1v) is 7.44. The lowest BCUT2D eigenvalue weighted by Crippen LogP contribution is -2.30. The molecule has 0 saturated carbocycles. The number of hydrogen-bond donors (Lipinski definition) is 1. The monoisotopic (exact) mass is 277 g/mol. The van der Waals surface area contributed by atoms with Crippen LogP contribution in [0.25, 0.3) is 0 Å². The molecule has 1 aromatic rings. The zero-order valence-corrected chi connectivity index (χ0v) is 13.1. The fourth-order valence-electron chi connectivity index (χ4n) is 2.12. The van der Waals surface area contributed by atoms with Gasteiger partial charge in [-0.1, -0.05) is 38.1 Å². The number of hydrogen-bond acceptors (Lipinski definition) is 2. The molecule has 3 heteroatoms. The minimum absolute atomic E-state index is 0.137. The number of aliphatic hydroxyl groups excluding tert-OH is 1. The van der Waals surface area contributed by atoms with Gasteiger partial charge in [-0.2, -0.15) is 0 Å². The average Bonchev–Trinajstić information content (AvgIpc) is 2.44. The normalized spacial score (nSPS) is 13.8. The van der Waals surface area contributed by atoms with E-state index in [0.717, 1.165) is 6.42 Å². The van der Waals surface area contributed by atoms with Crippen molar-refractivity contribution in [3.63, 3.8) is 0 Å². The molecule has 0 heterocycles. The number of amides is 1. The van der Waals surface area contributed by atoms with Gasteiger partial charge in [-0.05, 0) is 36.8 Å². The van der Waals surface area contributed by atoms with Crippen molar-refractivity contribution in [1.29, 1.82) is 0 Å². The fraction of sp³-hybridized carbons (Fsp3) is 0.588. The van der Waals surface area contributed by atoms with Gasteiger partial charge in [-0.15, -0.1) is 0 Å². The molecule has 0 radical (unpaired) electrons. The first kappa shape index (κ1) is 16.7. The highest BCUT2D eigenvalue weighted by molar-refractivity contribution is 5.76. The van der Waals surface area contributed by atoms with Crippen LogP contribution < -0.4 is 0 Å². The Labute approximate surface area is 122 Å². The van der Waals surface area contributed by atoms with E-state index in [1.807, 2.05) is 0 Å². The average molecular weight is 277 g/mol. The third-order valence-electron chi connectivity index (χ3n) is 3.75. The number of benzene rings is 1. The lowest BCUT2D eigenvalue weighted by Gasteiger charge is -2.20. The molecule has 1 aromatic carbocycles. The lowest BCUT2D eigenvalue weighted by molar-refractivity contribution is -0.130. The lowest BCUT2D eigenvalue weighted by atomic mass is 9.96. The zero-order valence-electron chi connectivity index (χ0n) is 13.1. The Kier molecular flexibility index (Phi) is 6.73. The second-order valence-corrected chi connectivity index (χ2v) is 5.65. The first-order chi connectivity index (χ1) is 9.43. The highest BCUT2D eigenvalue weighted by atomic mass is 16.3. The quantitative estimate of drug-likeness (QED) is 0.832. The summed E-state index contributed by atoms with van der Waals surface area (Å²) in [5.74, 6) is 0.361. The molecule has 112 valence electrons. The molecule has 0 aromatic heterocycles. The molecule has 3 nitrogen and oxygen atoms in total. The second kappa shape index (κ2) is 8.05. The minimum Gasteiger partial charge on any atom is -0.393 e. The SMILES string of the molecule is CCc1ccc(C(C)CC(=O)N(C)CCC(C)O)cc1. The molecule has 2 unspecified atom stereocenters. The Bertz CT molecular complexity index is 412. The van der Waals surface area contributed by atoms with Crippen LogP contribution in [-0.4, -0.2) is 35.6 Å². The van der Waals surface area contributed by atoms with Gasteiger partial charge in [-0.3, -0.25) is 4.79 Å². The Morgan fingerprint density at radius 2 is 1.85 bits per heavy atom. The minimum atomic E-state index is -0.357. The van der Waals surface area contributed by atoms with Crippen molar-refractivity contribution >= 4 is 5.91 Å². The van der Waals surface area contributed by atoms with Crippen molar-refractivity contribution < 1.29 is 9.90 Å². The molecular formula is C17H27NO2. The fourth-order valence-corrected chi connectivity index (χ4v) is 2.12. The third kappa shape index (κ3) is 5.33. The van der Waals surface area contributed by atoms with Crippen LogP contribution in [0.4, 0.5) is 0 Å². The number of nitrogens with zero attached hydrogens (tertiary/aromatic N) is 1. The van der Waals surface area contributed by atoms with Crippen LogP contribution in [0, 0.1) is 0 Å². The molecule has 1 amide bonds. The largest absolute Gasteiger partial charge is 0.393 e. The van der Waals surface area contributed by atoms with Gasteiger partial charge in [0, 0.05) is 20.0 Å². The van der Waals surface area contributed by atoms with Crippen LogP contribution >= 0.6 is 0 Å². The van der Waals surface area contributed by atoms with E-state index in [4.69, 9.17) is 0 Å². The van der Waals surface area contributed by atoms with Crippen LogP contribution in [-0.2, 0) is 11.2 Å². The summed E-state index contributed by atoms with van der Waals surface area (Å²) >= 11 is 0. The molecule has 1 rings (SSSR count). The summed E-state index contributed by atoms with van der Waals surface area (Å²) in [4.78, 5) is 13.8. The molecule has 0 spiro atoms. The molecule has 0 saturated heterocycles. The number of carbonyl (C=O) groups excluding carboxylic acids is 1. The van der Waals surface area contributed by atoms with Crippen molar-refractivity contribution in [2.75, 3.05) is 13.6 Å². The Morgan fingerprint density at radius 1 is 1.25 bits per heavy atom. The van der Waals surface area contributed by atoms with E-state index in [0.29, 0.717) is 19.4 Å². The molecule has 0 fully saturated rings. The van der Waals surface area contributed by atoms with Gasteiger partial charge in [0.15, 0.2) is 0 Å². The number of rotatable bonds is 7. The van der Waals surface area contributed by atoms with Crippen LogP contribution in [0.5, 0.6) is 0 Å². The summed E-state index contributed by atoms with van der Waals surface area (Å²) in [7, 11) is 1.80. The van der Waals surface area contributed by atoms with Gasteiger partial charge in [0.05, 0.1) is 6.10 Å². The highest BCUT2D eigenvalue weighted by Crippen LogP contribution is 2.20. The number of aliphatic hydroxyl groups is 1. The standard InChI is InChI=1S/C17H27NO2/c1-5-15-6-8-16(9-7-15)13(2)12-17(20)18(4)11-10-14(3)19/h6-9,13-14,19H,5,10-12H2,1-4H3. The van der Waals surface area contributed by atoms with E-state index >= 15 is 0 Å². The maximum atomic E-state index is 12.1. The smallest absolute Gasteiger partial charge is 0.222 e. The van der Waals surface area contributed by atoms with Gasteiger partial charge in [0.1, 0.15) is 0 Å². The van der Waals surface area contributed by atoms with Crippen molar-refractivity contribution in [3.05, 3.63) is 35.4 Å². The van der Waals surface area contributed by atoms with Crippen molar-refractivity contribution in [1.82, 2.24) is 4.90 Å². The van der Waals surface area contributed by atoms with Gasteiger partial charge in [0.2, 0.25) is 5.91 Å². The van der Waals surface area contributed by atoms with Crippen LogP contribution in [0.2, 0.25) is 0 Å². The van der Waals surface area contributed by atoms with Gasteiger partial charge in [-0.25, -0.2) is 0 Å². The predicted octanol–water partition coefficient (Wildman–Crippen LogP) is 2.97. The summed E-state index contributed by atoms with van der Waals surface area (Å²) in [5.41, 5.74) is 2.53. The maximum absolute atomic E-state index is 12.1. The Balaban J connectivity index is 2.51. The topological polar surface area (TPSA) is 40.5 Å². The van der Waals surface area contributed by atoms with Gasteiger partial charge in [0.25, 0.3) is 0 Å². The maximum Gasteiger partial charge on any atom is 0.222 e. The summed E-state index contributed by atoms with van der Waals surface area (Å²) < 4.78 is 0. The summed E-state index contributed by atoms with van der Waals surface area (Å²) in [6.07, 6.45) is 1.82. The molecule has 1 N–H and O–H groups in total. The van der Waals surface area contributed by atoms with Crippen molar-refractivity contribution in [3.8, 4) is 0 Å². The van der Waals surface area contributed by atoms with E-state index in [2.05, 4.69) is 38.1 Å². The molecule has 20 heavy (non-hydrogen) atoms. The summed E-state index contributed by atoms with van der Waals surface area (Å²) in [6, 6.07) is 8.50. The van der Waals surface area contributed by atoms with Crippen LogP contribution in [0.1, 0.15) is 50.7 Å². The van der Waals surface area contributed by atoms with Crippen LogP contribution in [0.15, 0.2) is 24.3 Å². The Morgan fingerprint density at radius 3 is 2.35 bits per heavy atom. The first-order valence-electron chi connectivity index (χ1n) is 7.44. The van der Waals surface area contributed by atoms with Crippen molar-refractivity contribution in [2.24, 2.45) is 0 Å². The molecular weight excluding hydrogens is 250 g/mol. The van der Waals surface area contributed by atoms with Gasteiger partial charge >= 0.3 is 0 Å². The van der Waals surface area contributed by atoms with Crippen LogP contribution in [0.3, 0.4) is 0 Å². The molecule has 0 aliphatic carbocycles. The highest BCUT2D eigenvalue weighted by Gasteiger charge is 2.15. The molecule has 0 aliphatic heterocycles. The van der Waals surface area contributed by atoms with Crippen molar-refractivity contribution in [2.45, 2.75) is 52.1 Å². The molecule has 0 aliphatic rings. The van der Waals surface area contributed by atoms with E-state index in [1.54, 1.807) is 18.9 Å². The summed E-state index contributed by atoms with van der Waals surface area (Å²) in [5, 5.41) is 9.25. The number of carbonyl (C=O) groups is 1. The summed E-state index contributed by atoms with van der Waals surface area (Å²) in [6.45, 7) is 6.58. The van der Waals surface area contributed by atoms with E-state index in [1.165, 1.54) is 11.1 Å². The number of aryl methyl sites for hydroxylation is 1. The van der Waals surface area contributed by atoms with E-state index in [9.17, 15) is 9.90 Å². The molecule has 0 bridgehead atoms. The third-order valence-corrected chi connectivity index (χ3v) is 3.75.